The van der Waals surface area contributed by atoms with Gasteiger partial charge < -0.3 is 0 Å². The first-order valence-corrected chi connectivity index (χ1v) is 8.83. The van der Waals surface area contributed by atoms with Crippen LogP contribution in [0.1, 0.15) is 38.5 Å². The SMILES string of the molecule is O=P1(N2CC2)NC2CCCC3CCCC(N1)C32. The zero-order valence-electron chi connectivity index (χ0n) is 10.3. The maximum atomic E-state index is 12.9. The van der Waals surface area contributed by atoms with Gasteiger partial charge in [0.2, 0.25) is 0 Å². The van der Waals surface area contributed by atoms with Crippen LogP contribution in [0.3, 0.4) is 0 Å². The summed E-state index contributed by atoms with van der Waals surface area (Å²) in [5.74, 6) is 1.63. The van der Waals surface area contributed by atoms with Crippen LogP contribution >= 0.6 is 7.59 Å². The second-order valence-electron chi connectivity index (χ2n) is 6.20. The summed E-state index contributed by atoms with van der Waals surface area (Å²) in [6.07, 6.45) is 7.91. The van der Waals surface area contributed by atoms with Gasteiger partial charge in [-0.05, 0) is 24.7 Å². The predicted molar refractivity (Wildman–Crippen MR) is 67.7 cm³/mol. The van der Waals surface area contributed by atoms with Crippen molar-refractivity contribution in [2.45, 2.75) is 50.6 Å². The minimum absolute atomic E-state index is 0.520. The van der Waals surface area contributed by atoms with Crippen molar-refractivity contribution >= 4 is 7.59 Å². The number of hydrogen-bond acceptors (Lipinski definition) is 1. The number of nitrogens with one attached hydrogen (secondary N) is 2. The van der Waals surface area contributed by atoms with Crippen LogP contribution in [0.4, 0.5) is 0 Å². The third kappa shape index (κ3) is 1.73. The van der Waals surface area contributed by atoms with Gasteiger partial charge in [0, 0.05) is 25.2 Å². The first kappa shape index (κ1) is 11.0. The summed E-state index contributed by atoms with van der Waals surface area (Å²) in [5, 5.41) is 6.99. The maximum absolute atomic E-state index is 12.9. The fourth-order valence-corrected chi connectivity index (χ4v) is 6.88. The van der Waals surface area contributed by atoms with E-state index < -0.39 is 7.59 Å². The normalized spacial score (nSPS) is 54.1. The Bertz CT molecular complexity index is 347. The van der Waals surface area contributed by atoms with E-state index in [4.69, 9.17) is 0 Å². The van der Waals surface area contributed by atoms with Gasteiger partial charge in [-0.2, -0.15) is 0 Å². The third-order valence-corrected chi connectivity index (χ3v) is 7.72. The molecule has 0 aromatic rings. The fraction of sp³-hybridized carbons (Fsp3) is 1.00. The van der Waals surface area contributed by atoms with E-state index in [1.807, 2.05) is 0 Å². The topological polar surface area (TPSA) is 44.1 Å². The number of hydrogen-bond donors (Lipinski definition) is 2. The maximum Gasteiger partial charge on any atom is 0.282 e. The quantitative estimate of drug-likeness (QED) is 0.555. The van der Waals surface area contributed by atoms with E-state index in [-0.39, 0.29) is 0 Å². The van der Waals surface area contributed by atoms with E-state index in [2.05, 4.69) is 14.8 Å². The van der Waals surface area contributed by atoms with Crippen LogP contribution in [0.2, 0.25) is 0 Å². The molecule has 2 heterocycles. The van der Waals surface area contributed by atoms with E-state index in [1.54, 1.807) is 0 Å². The van der Waals surface area contributed by atoms with Gasteiger partial charge in [-0.3, -0.25) is 4.57 Å². The highest BCUT2D eigenvalue weighted by Crippen LogP contribution is 2.55. The summed E-state index contributed by atoms with van der Waals surface area (Å²) >= 11 is 0. The molecular formula is C12H22N3OP. The van der Waals surface area contributed by atoms with Crippen LogP contribution in [-0.2, 0) is 4.57 Å². The van der Waals surface area contributed by atoms with Gasteiger partial charge in [-0.1, -0.05) is 25.7 Å². The van der Waals surface area contributed by atoms with Gasteiger partial charge in [-0.15, -0.1) is 0 Å². The lowest BCUT2D eigenvalue weighted by molar-refractivity contribution is 0.0952. The lowest BCUT2D eigenvalue weighted by Crippen LogP contribution is -2.59. The summed E-state index contributed by atoms with van der Waals surface area (Å²) < 4.78 is 15.0. The summed E-state index contributed by atoms with van der Waals surface area (Å²) in [5.41, 5.74) is 0. The lowest BCUT2D eigenvalue weighted by Gasteiger charge is -2.52. The van der Waals surface area contributed by atoms with Gasteiger partial charge in [0.1, 0.15) is 0 Å². The summed E-state index contributed by atoms with van der Waals surface area (Å²) in [7, 11) is -2.40. The standard InChI is InChI=1S/C12H22N3OP/c16-17(15-7-8-15)13-10-5-1-3-9-4-2-6-11(14-17)12(9)10/h9-12H,1-8H2,(H2,13,14,16). The molecule has 2 aliphatic carbocycles. The largest absolute Gasteiger partial charge is 0.282 e. The molecule has 0 aromatic heterocycles. The van der Waals surface area contributed by atoms with E-state index in [1.165, 1.54) is 38.5 Å². The Labute approximate surface area is 103 Å². The van der Waals surface area contributed by atoms with E-state index >= 15 is 0 Å². The third-order valence-electron chi connectivity index (χ3n) is 5.16. The van der Waals surface area contributed by atoms with Crippen LogP contribution in [0.5, 0.6) is 0 Å². The average molecular weight is 255 g/mol. The van der Waals surface area contributed by atoms with Crippen molar-refractivity contribution in [3.63, 3.8) is 0 Å². The average Bonchev–Trinajstić information content (AvgIpc) is 3.13. The molecule has 2 aliphatic heterocycles. The zero-order chi connectivity index (χ0) is 11.5. The molecule has 96 valence electrons. The number of nitrogens with zero attached hydrogens (tertiary/aromatic N) is 1. The molecule has 0 spiro atoms. The highest BCUT2D eigenvalue weighted by atomic mass is 31.2. The monoisotopic (exact) mass is 255 g/mol. The lowest BCUT2D eigenvalue weighted by atomic mass is 9.66. The molecule has 2 atom stereocenters. The minimum atomic E-state index is -2.40. The molecule has 17 heavy (non-hydrogen) atoms. The van der Waals surface area contributed by atoms with Crippen LogP contribution < -0.4 is 10.2 Å². The second kappa shape index (κ2) is 3.80. The first-order chi connectivity index (χ1) is 8.26. The summed E-state index contributed by atoms with van der Waals surface area (Å²) in [6.45, 7) is 2.01. The van der Waals surface area contributed by atoms with Gasteiger partial charge in [0.05, 0.1) is 0 Å². The Balaban J connectivity index is 1.63. The van der Waals surface area contributed by atoms with Crippen molar-refractivity contribution in [2.24, 2.45) is 11.8 Å². The molecule has 4 nitrogen and oxygen atoms in total. The summed E-state index contributed by atoms with van der Waals surface area (Å²) in [4.78, 5) is 0. The van der Waals surface area contributed by atoms with Crippen LogP contribution in [-0.4, -0.2) is 29.8 Å². The van der Waals surface area contributed by atoms with Crippen molar-refractivity contribution < 1.29 is 4.57 Å². The Morgan fingerprint density at radius 2 is 1.53 bits per heavy atom. The Hall–Kier alpha value is 0.110. The highest BCUT2D eigenvalue weighted by molar-refractivity contribution is 7.57. The minimum Gasteiger partial charge on any atom is -0.271 e. The van der Waals surface area contributed by atoms with Gasteiger partial charge in [0.15, 0.2) is 0 Å². The molecule has 5 heteroatoms. The van der Waals surface area contributed by atoms with Gasteiger partial charge >= 0.3 is 0 Å². The van der Waals surface area contributed by atoms with Crippen LogP contribution in [0.15, 0.2) is 0 Å². The number of rotatable bonds is 1. The molecule has 4 rings (SSSR count). The van der Waals surface area contributed by atoms with Gasteiger partial charge in [-0.25, -0.2) is 14.8 Å². The molecule has 0 amide bonds. The first-order valence-electron chi connectivity index (χ1n) is 7.17. The Morgan fingerprint density at radius 1 is 0.941 bits per heavy atom. The molecule has 0 radical (unpaired) electrons. The molecule has 0 bridgehead atoms. The highest BCUT2D eigenvalue weighted by Gasteiger charge is 2.52. The van der Waals surface area contributed by atoms with Crippen molar-refractivity contribution in [1.82, 2.24) is 14.8 Å². The van der Waals surface area contributed by atoms with E-state index in [0.717, 1.165) is 24.9 Å². The molecule has 2 saturated carbocycles. The van der Waals surface area contributed by atoms with Crippen LogP contribution in [0.25, 0.3) is 0 Å². The van der Waals surface area contributed by atoms with E-state index in [0.29, 0.717) is 12.1 Å². The fourth-order valence-electron chi connectivity index (χ4n) is 4.33. The van der Waals surface area contributed by atoms with Crippen LogP contribution in [0, 0.1) is 11.8 Å². The van der Waals surface area contributed by atoms with E-state index in [9.17, 15) is 4.57 Å². The summed E-state index contributed by atoms with van der Waals surface area (Å²) in [6, 6.07) is 1.04. The Kier molecular flexibility index (Phi) is 2.45. The van der Waals surface area contributed by atoms with Crippen molar-refractivity contribution in [1.29, 1.82) is 0 Å². The van der Waals surface area contributed by atoms with Crippen molar-refractivity contribution in [2.75, 3.05) is 13.1 Å². The molecule has 2 saturated heterocycles. The van der Waals surface area contributed by atoms with Crippen molar-refractivity contribution in [3.8, 4) is 0 Å². The predicted octanol–water partition coefficient (Wildman–Crippen LogP) is 1.94. The smallest absolute Gasteiger partial charge is 0.271 e. The molecule has 2 unspecified atom stereocenters. The van der Waals surface area contributed by atoms with Crippen molar-refractivity contribution in [3.05, 3.63) is 0 Å². The molecule has 2 N–H and O–H groups in total. The molecule has 4 fully saturated rings. The second-order valence-corrected chi connectivity index (χ2v) is 8.43. The Morgan fingerprint density at radius 3 is 2.06 bits per heavy atom. The zero-order valence-corrected chi connectivity index (χ0v) is 11.2. The molecule has 0 aromatic carbocycles. The molecular weight excluding hydrogens is 233 g/mol. The van der Waals surface area contributed by atoms with Gasteiger partial charge in [0.25, 0.3) is 7.59 Å². The molecule has 4 aliphatic rings.